The van der Waals surface area contributed by atoms with Gasteiger partial charge in [-0.2, -0.15) is 0 Å². The van der Waals surface area contributed by atoms with E-state index in [0.29, 0.717) is 18.8 Å². The summed E-state index contributed by atoms with van der Waals surface area (Å²) in [5.74, 6) is -3.40. The van der Waals surface area contributed by atoms with E-state index in [0.717, 1.165) is 31.6 Å². The van der Waals surface area contributed by atoms with Gasteiger partial charge in [0, 0.05) is 19.4 Å². The van der Waals surface area contributed by atoms with Crippen LogP contribution < -0.4 is 0 Å². The number of allylic oxidation sites excluding steroid dienone is 8. The quantitative estimate of drug-likeness (QED) is 0.0362. The van der Waals surface area contributed by atoms with Crippen molar-refractivity contribution in [3.8, 4) is 0 Å². The fraction of sp³-hybridized carbons (Fsp3) is 0.811. The summed E-state index contributed by atoms with van der Waals surface area (Å²) in [7, 11) is 7.94. The van der Waals surface area contributed by atoms with E-state index < -0.39 is 17.9 Å². The molecule has 61 heavy (non-hydrogen) atoms. The van der Waals surface area contributed by atoms with Crippen LogP contribution in [-0.2, 0) is 19.1 Å². The molecule has 8 heteroatoms. The maximum atomic E-state index is 10.4. The van der Waals surface area contributed by atoms with Gasteiger partial charge in [-0.3, -0.25) is 9.59 Å². The number of unbranched alkanes of at least 4 members (excludes halogenated alkanes) is 18. The Labute approximate surface area is 376 Å². The van der Waals surface area contributed by atoms with E-state index in [1.54, 1.807) is 19.0 Å². The molecule has 2 fully saturated rings. The molecule has 0 amide bonds. The molecule has 0 aromatic rings. The molecule has 1 saturated heterocycles. The minimum absolute atomic E-state index is 0.137. The number of carboxylic acids is 2. The van der Waals surface area contributed by atoms with Gasteiger partial charge in [0.15, 0.2) is 11.7 Å². The van der Waals surface area contributed by atoms with Crippen molar-refractivity contribution in [2.75, 3.05) is 41.3 Å². The summed E-state index contributed by atoms with van der Waals surface area (Å²) in [6.07, 6.45) is 56.6. The molecule has 8 nitrogen and oxygen atoms in total. The summed E-state index contributed by atoms with van der Waals surface area (Å²) in [6.45, 7) is 6.19. The second kappa shape index (κ2) is 38.2. The number of aliphatic carboxylic acids is 2. The lowest BCUT2D eigenvalue weighted by atomic mass is 9.85. The normalized spacial score (nSPS) is 20.6. The van der Waals surface area contributed by atoms with Crippen LogP contribution in [0.3, 0.4) is 0 Å². The molecule has 1 heterocycles. The highest BCUT2D eigenvalue weighted by molar-refractivity contribution is 5.92. The van der Waals surface area contributed by atoms with Gasteiger partial charge < -0.3 is 29.5 Å². The first-order valence-corrected chi connectivity index (χ1v) is 25.2. The van der Waals surface area contributed by atoms with Gasteiger partial charge in [-0.1, -0.05) is 140 Å². The Morgan fingerprint density at radius 1 is 0.557 bits per heavy atom. The number of carbonyl (C=O) groups is 2. The first-order chi connectivity index (χ1) is 29.5. The third kappa shape index (κ3) is 31.3. The number of hydrogen-bond acceptors (Lipinski definition) is 6. The third-order valence-electron chi connectivity index (χ3n) is 12.2. The molecule has 0 spiro atoms. The molecule has 4 atom stereocenters. The van der Waals surface area contributed by atoms with Crippen molar-refractivity contribution in [1.29, 1.82) is 0 Å². The Morgan fingerprint density at radius 3 is 1.41 bits per heavy atom. The van der Waals surface area contributed by atoms with E-state index in [1.807, 2.05) is 0 Å². The van der Waals surface area contributed by atoms with Gasteiger partial charge in [0.2, 0.25) is 0 Å². The van der Waals surface area contributed by atoms with Crippen molar-refractivity contribution in [3.63, 3.8) is 0 Å². The average molecular weight is 857 g/mol. The summed E-state index contributed by atoms with van der Waals surface area (Å²) < 4.78 is 13.8. The van der Waals surface area contributed by atoms with Crippen molar-refractivity contribution in [1.82, 2.24) is 9.80 Å². The van der Waals surface area contributed by atoms with Crippen molar-refractivity contribution in [2.45, 2.75) is 224 Å². The maximum absolute atomic E-state index is 10.4. The highest BCUT2D eigenvalue weighted by atomic mass is 16.8. The number of ether oxygens (including phenoxy) is 2. The fourth-order valence-corrected chi connectivity index (χ4v) is 8.57. The van der Waals surface area contributed by atoms with Crippen LogP contribution in [0.4, 0.5) is 0 Å². The lowest BCUT2D eigenvalue weighted by Crippen LogP contribution is -2.35. The van der Waals surface area contributed by atoms with Crippen molar-refractivity contribution in [3.05, 3.63) is 48.6 Å². The minimum atomic E-state index is -1.28. The zero-order valence-corrected chi connectivity index (χ0v) is 40.5. The SMILES string of the molecule is CCCCC/C=C\C/C=C\CCCCCCCCC1(CCCCCCC/C=C\C/C=C\CCCCCC)O[C@H]2CC[C@@H](CN(C)C)C[C@H]2O1.CN(C)CCC(C(=O)O)C(=O)O. The van der Waals surface area contributed by atoms with Crippen LogP contribution in [0.15, 0.2) is 48.6 Å². The lowest BCUT2D eigenvalue weighted by molar-refractivity contribution is -0.186. The van der Waals surface area contributed by atoms with Gasteiger partial charge in [-0.15, -0.1) is 0 Å². The van der Waals surface area contributed by atoms with Crippen LogP contribution in [-0.4, -0.2) is 91.2 Å². The number of nitrogens with zero attached hydrogens (tertiary/aromatic N) is 2. The second-order valence-corrected chi connectivity index (χ2v) is 18.7. The molecule has 0 bridgehead atoms. The predicted molar refractivity (Wildman–Crippen MR) is 258 cm³/mol. The van der Waals surface area contributed by atoms with Crippen LogP contribution in [0, 0.1) is 11.8 Å². The number of carboxylic acid groups (broad SMARTS) is 2. The van der Waals surface area contributed by atoms with Gasteiger partial charge in [-0.05, 0) is 143 Å². The largest absolute Gasteiger partial charge is 0.481 e. The van der Waals surface area contributed by atoms with Gasteiger partial charge in [0.05, 0.1) is 12.2 Å². The molecule has 0 aromatic heterocycles. The molecule has 1 aliphatic heterocycles. The summed E-state index contributed by atoms with van der Waals surface area (Å²) in [4.78, 5) is 24.8. The molecule has 1 aliphatic carbocycles. The lowest BCUT2D eigenvalue weighted by Gasteiger charge is -2.31. The first-order valence-electron chi connectivity index (χ1n) is 25.2. The van der Waals surface area contributed by atoms with Crippen molar-refractivity contribution < 1.29 is 29.3 Å². The predicted octanol–water partition coefficient (Wildman–Crippen LogP) is 14.0. The van der Waals surface area contributed by atoms with E-state index in [1.165, 1.54) is 167 Å². The summed E-state index contributed by atoms with van der Waals surface area (Å²) >= 11 is 0. The Morgan fingerprint density at radius 2 is 0.967 bits per heavy atom. The second-order valence-electron chi connectivity index (χ2n) is 18.7. The Bertz CT molecular complexity index is 1170. The Hall–Kier alpha value is -2.26. The highest BCUT2D eigenvalue weighted by Gasteiger charge is 2.48. The molecule has 0 radical (unpaired) electrons. The molecular weight excluding hydrogens is 761 g/mol. The van der Waals surface area contributed by atoms with E-state index in [9.17, 15) is 9.59 Å². The summed E-state index contributed by atoms with van der Waals surface area (Å²) in [6, 6.07) is 0. The van der Waals surface area contributed by atoms with Crippen LogP contribution >= 0.6 is 0 Å². The van der Waals surface area contributed by atoms with E-state index >= 15 is 0 Å². The minimum Gasteiger partial charge on any atom is -0.481 e. The van der Waals surface area contributed by atoms with Crippen molar-refractivity contribution in [2.24, 2.45) is 11.8 Å². The monoisotopic (exact) mass is 857 g/mol. The number of fused-ring (bicyclic) bond motifs is 1. The van der Waals surface area contributed by atoms with E-state index in [2.05, 4.69) is 81.5 Å². The van der Waals surface area contributed by atoms with Gasteiger partial charge >= 0.3 is 11.9 Å². The Kier molecular flexibility index (Phi) is 35.6. The molecule has 354 valence electrons. The van der Waals surface area contributed by atoms with Crippen LogP contribution in [0.25, 0.3) is 0 Å². The van der Waals surface area contributed by atoms with Crippen LogP contribution in [0.2, 0.25) is 0 Å². The van der Waals surface area contributed by atoms with Gasteiger partial charge in [-0.25, -0.2) is 0 Å². The fourth-order valence-electron chi connectivity index (χ4n) is 8.57. The first kappa shape index (κ1) is 56.8. The zero-order valence-electron chi connectivity index (χ0n) is 40.5. The van der Waals surface area contributed by atoms with Gasteiger partial charge in [0.25, 0.3) is 0 Å². The topological polar surface area (TPSA) is 99.5 Å². The van der Waals surface area contributed by atoms with E-state index in [-0.39, 0.29) is 12.2 Å². The van der Waals surface area contributed by atoms with Crippen LogP contribution in [0.1, 0.15) is 206 Å². The number of hydrogen-bond donors (Lipinski definition) is 2. The maximum Gasteiger partial charge on any atom is 0.317 e. The summed E-state index contributed by atoms with van der Waals surface area (Å²) in [5.41, 5.74) is 0. The molecule has 2 aliphatic rings. The third-order valence-corrected chi connectivity index (χ3v) is 12.2. The Balaban J connectivity index is 0.00000134. The highest BCUT2D eigenvalue weighted by Crippen LogP contribution is 2.44. The standard InChI is InChI=1S/C46H83NO2.C7H13NO4/c1-5-7-9-11-13-15-17-19-21-23-25-27-29-31-33-35-39-46(48-44-38-37-43(42-47(3)4)41-45(44)49-46)40-36-34-32-30-28-26-24-22-20-18-16-14-12-10-8-6-2;1-8(2)4-3-5(6(9)10)7(11)12/h13,15-16,18-19,21-22,24,43-45H,5-12,14,17,20,23,25-42H2,1-4H3;5H,3-4H2,1-2H3,(H,9,10)(H,11,12)/b15-13-,18-16-,21-19-,24-22-;/t43-,44+,45-,46?;/m1./s1. The average Bonchev–Trinajstić information content (AvgIpc) is 3.58. The molecular formula is C53H96N2O6. The molecule has 1 saturated carbocycles. The number of rotatable bonds is 37. The van der Waals surface area contributed by atoms with E-state index in [4.69, 9.17) is 19.7 Å². The zero-order chi connectivity index (χ0) is 44.8. The van der Waals surface area contributed by atoms with Crippen LogP contribution in [0.5, 0.6) is 0 Å². The smallest absolute Gasteiger partial charge is 0.317 e. The molecule has 2 N–H and O–H groups in total. The molecule has 1 unspecified atom stereocenters. The summed E-state index contributed by atoms with van der Waals surface area (Å²) in [5, 5.41) is 16.9. The molecule has 0 aromatic carbocycles. The molecule has 2 rings (SSSR count). The van der Waals surface area contributed by atoms with Crippen molar-refractivity contribution >= 4 is 11.9 Å². The van der Waals surface area contributed by atoms with Gasteiger partial charge in [0.1, 0.15) is 0 Å².